The molecular formula is C8H13NO. The van der Waals surface area contributed by atoms with Gasteiger partial charge in [0.05, 0.1) is 0 Å². The standard InChI is InChI=1S/C8H13NO/c1-2-4-7-5-3-6-8(10)9-7/h2,7H,1,3-6H2,(H,9,10). The lowest BCUT2D eigenvalue weighted by Crippen LogP contribution is -2.38. The van der Waals surface area contributed by atoms with Crippen molar-refractivity contribution < 1.29 is 4.79 Å². The second-order valence-corrected chi connectivity index (χ2v) is 2.68. The third-order valence-corrected chi connectivity index (χ3v) is 1.77. The van der Waals surface area contributed by atoms with E-state index in [2.05, 4.69) is 11.9 Å². The summed E-state index contributed by atoms with van der Waals surface area (Å²) >= 11 is 0. The third-order valence-electron chi connectivity index (χ3n) is 1.77. The van der Waals surface area contributed by atoms with E-state index in [9.17, 15) is 4.79 Å². The van der Waals surface area contributed by atoms with Crippen LogP contribution in [-0.4, -0.2) is 11.9 Å². The Morgan fingerprint density at radius 1 is 1.80 bits per heavy atom. The van der Waals surface area contributed by atoms with E-state index >= 15 is 0 Å². The lowest BCUT2D eigenvalue weighted by atomic mass is 10.0. The smallest absolute Gasteiger partial charge is 0.220 e. The SMILES string of the molecule is C=CCC1CCCC(=O)N1. The Labute approximate surface area is 61.3 Å². The van der Waals surface area contributed by atoms with Gasteiger partial charge in [0.2, 0.25) is 5.91 Å². The second-order valence-electron chi connectivity index (χ2n) is 2.68. The molecule has 0 saturated carbocycles. The van der Waals surface area contributed by atoms with Crippen LogP contribution in [0, 0.1) is 0 Å². The van der Waals surface area contributed by atoms with E-state index in [-0.39, 0.29) is 5.91 Å². The minimum absolute atomic E-state index is 0.193. The molecule has 0 aromatic carbocycles. The van der Waals surface area contributed by atoms with Crippen LogP contribution in [0.2, 0.25) is 0 Å². The first-order valence-corrected chi connectivity index (χ1v) is 3.73. The van der Waals surface area contributed by atoms with Gasteiger partial charge in [0, 0.05) is 12.5 Å². The molecule has 1 unspecified atom stereocenters. The fraction of sp³-hybridized carbons (Fsp3) is 0.625. The summed E-state index contributed by atoms with van der Waals surface area (Å²) in [4.78, 5) is 10.8. The Balaban J connectivity index is 2.31. The highest BCUT2D eigenvalue weighted by Crippen LogP contribution is 2.10. The summed E-state index contributed by atoms with van der Waals surface area (Å²) in [6.45, 7) is 3.63. The Kier molecular flexibility index (Phi) is 2.49. The van der Waals surface area contributed by atoms with Crippen LogP contribution >= 0.6 is 0 Å². The number of piperidine rings is 1. The Hall–Kier alpha value is -0.790. The number of hydrogen-bond donors (Lipinski definition) is 1. The van der Waals surface area contributed by atoms with Crippen molar-refractivity contribution >= 4 is 5.91 Å². The van der Waals surface area contributed by atoms with E-state index < -0.39 is 0 Å². The van der Waals surface area contributed by atoms with Gasteiger partial charge in [-0.3, -0.25) is 4.79 Å². The topological polar surface area (TPSA) is 29.1 Å². The minimum atomic E-state index is 0.193. The summed E-state index contributed by atoms with van der Waals surface area (Å²) in [5.74, 6) is 0.193. The molecule has 2 heteroatoms. The number of carbonyl (C=O) groups excluding carboxylic acids is 1. The monoisotopic (exact) mass is 139 g/mol. The molecule has 0 aromatic rings. The average molecular weight is 139 g/mol. The van der Waals surface area contributed by atoms with Crippen LogP contribution in [0.1, 0.15) is 25.7 Å². The molecule has 1 saturated heterocycles. The van der Waals surface area contributed by atoms with Gasteiger partial charge in [-0.25, -0.2) is 0 Å². The summed E-state index contributed by atoms with van der Waals surface area (Å²) in [5, 5.41) is 2.91. The van der Waals surface area contributed by atoms with Crippen LogP contribution in [0.15, 0.2) is 12.7 Å². The largest absolute Gasteiger partial charge is 0.353 e. The van der Waals surface area contributed by atoms with E-state index in [1.54, 1.807) is 0 Å². The van der Waals surface area contributed by atoms with Gasteiger partial charge in [0.1, 0.15) is 0 Å². The van der Waals surface area contributed by atoms with Crippen molar-refractivity contribution in [2.75, 3.05) is 0 Å². The zero-order valence-corrected chi connectivity index (χ0v) is 6.10. The summed E-state index contributed by atoms with van der Waals surface area (Å²) in [5.41, 5.74) is 0. The number of nitrogens with one attached hydrogen (secondary N) is 1. The molecule has 2 nitrogen and oxygen atoms in total. The first kappa shape index (κ1) is 7.32. The first-order chi connectivity index (χ1) is 4.83. The van der Waals surface area contributed by atoms with Crippen molar-refractivity contribution in [2.45, 2.75) is 31.7 Å². The summed E-state index contributed by atoms with van der Waals surface area (Å²) in [6.07, 6.45) is 5.61. The van der Waals surface area contributed by atoms with Gasteiger partial charge in [-0.15, -0.1) is 6.58 Å². The van der Waals surface area contributed by atoms with Crippen molar-refractivity contribution in [2.24, 2.45) is 0 Å². The van der Waals surface area contributed by atoms with Crippen LogP contribution in [-0.2, 0) is 4.79 Å². The molecule has 0 aliphatic carbocycles. The van der Waals surface area contributed by atoms with Crippen molar-refractivity contribution in [3.63, 3.8) is 0 Å². The molecular weight excluding hydrogens is 126 g/mol. The molecule has 0 radical (unpaired) electrons. The second kappa shape index (κ2) is 3.40. The first-order valence-electron chi connectivity index (χ1n) is 3.73. The molecule has 1 heterocycles. The number of amides is 1. The van der Waals surface area contributed by atoms with Gasteiger partial charge in [-0.1, -0.05) is 6.08 Å². The van der Waals surface area contributed by atoms with Crippen LogP contribution in [0.3, 0.4) is 0 Å². The molecule has 1 fully saturated rings. The van der Waals surface area contributed by atoms with Crippen LogP contribution in [0.4, 0.5) is 0 Å². The minimum Gasteiger partial charge on any atom is -0.353 e. The van der Waals surface area contributed by atoms with Gasteiger partial charge in [0.15, 0.2) is 0 Å². The van der Waals surface area contributed by atoms with Gasteiger partial charge >= 0.3 is 0 Å². The predicted molar refractivity (Wildman–Crippen MR) is 40.6 cm³/mol. The third kappa shape index (κ3) is 1.87. The van der Waals surface area contributed by atoms with Gasteiger partial charge in [-0.05, 0) is 19.3 Å². The fourth-order valence-electron chi connectivity index (χ4n) is 1.26. The Bertz CT molecular complexity index is 142. The van der Waals surface area contributed by atoms with Crippen LogP contribution in [0.25, 0.3) is 0 Å². The fourth-order valence-corrected chi connectivity index (χ4v) is 1.26. The molecule has 1 rings (SSSR count). The van der Waals surface area contributed by atoms with E-state index in [0.717, 1.165) is 19.3 Å². The zero-order valence-electron chi connectivity index (χ0n) is 6.10. The summed E-state index contributed by atoms with van der Waals surface area (Å²) in [7, 11) is 0. The van der Waals surface area contributed by atoms with Gasteiger partial charge < -0.3 is 5.32 Å². The van der Waals surface area contributed by atoms with Gasteiger partial charge in [-0.2, -0.15) is 0 Å². The normalized spacial score (nSPS) is 25.6. The molecule has 1 N–H and O–H groups in total. The predicted octanol–water partition coefficient (Wildman–Crippen LogP) is 1.23. The Morgan fingerprint density at radius 2 is 2.60 bits per heavy atom. The highest BCUT2D eigenvalue weighted by molar-refractivity contribution is 5.76. The zero-order chi connectivity index (χ0) is 7.40. The summed E-state index contributed by atoms with van der Waals surface area (Å²) < 4.78 is 0. The number of hydrogen-bond acceptors (Lipinski definition) is 1. The van der Waals surface area contributed by atoms with Crippen molar-refractivity contribution in [3.05, 3.63) is 12.7 Å². The highest BCUT2D eigenvalue weighted by Gasteiger charge is 2.15. The van der Waals surface area contributed by atoms with Crippen LogP contribution < -0.4 is 5.32 Å². The quantitative estimate of drug-likeness (QED) is 0.573. The lowest BCUT2D eigenvalue weighted by Gasteiger charge is -2.21. The molecule has 1 amide bonds. The molecule has 1 aliphatic heterocycles. The number of carbonyl (C=O) groups is 1. The van der Waals surface area contributed by atoms with Crippen molar-refractivity contribution in [3.8, 4) is 0 Å². The molecule has 0 spiro atoms. The molecule has 56 valence electrons. The van der Waals surface area contributed by atoms with E-state index in [4.69, 9.17) is 0 Å². The maximum absolute atomic E-state index is 10.8. The Morgan fingerprint density at radius 3 is 3.20 bits per heavy atom. The molecule has 0 bridgehead atoms. The van der Waals surface area contributed by atoms with Crippen molar-refractivity contribution in [1.82, 2.24) is 5.32 Å². The van der Waals surface area contributed by atoms with E-state index in [1.165, 1.54) is 0 Å². The van der Waals surface area contributed by atoms with Gasteiger partial charge in [0.25, 0.3) is 0 Å². The average Bonchev–Trinajstić information content (AvgIpc) is 1.88. The molecule has 1 atom stereocenters. The van der Waals surface area contributed by atoms with Crippen molar-refractivity contribution in [1.29, 1.82) is 0 Å². The highest BCUT2D eigenvalue weighted by atomic mass is 16.1. The lowest BCUT2D eigenvalue weighted by molar-refractivity contribution is -0.123. The van der Waals surface area contributed by atoms with Crippen LogP contribution in [0.5, 0.6) is 0 Å². The maximum atomic E-state index is 10.8. The number of rotatable bonds is 2. The van der Waals surface area contributed by atoms with E-state index in [0.29, 0.717) is 12.5 Å². The summed E-state index contributed by atoms with van der Waals surface area (Å²) in [6, 6.07) is 0.360. The molecule has 0 aromatic heterocycles. The van der Waals surface area contributed by atoms with E-state index in [1.807, 2.05) is 6.08 Å². The molecule has 1 aliphatic rings. The molecule has 10 heavy (non-hydrogen) atoms. The maximum Gasteiger partial charge on any atom is 0.220 e.